The molecule has 9 heteroatoms. The maximum absolute atomic E-state index is 13.3. The second-order valence-electron chi connectivity index (χ2n) is 5.22. The lowest BCUT2D eigenvalue weighted by atomic mass is 10.1. The molecule has 2 heterocycles. The van der Waals surface area contributed by atoms with Crippen molar-refractivity contribution >= 4 is 5.95 Å². The van der Waals surface area contributed by atoms with Crippen LogP contribution in [-0.2, 0) is 10.9 Å². The van der Waals surface area contributed by atoms with Gasteiger partial charge in [0.1, 0.15) is 11.8 Å². The van der Waals surface area contributed by atoms with Gasteiger partial charge in [0.15, 0.2) is 11.6 Å². The first-order chi connectivity index (χ1) is 11.3. The van der Waals surface area contributed by atoms with Crippen LogP contribution in [-0.4, -0.2) is 29.7 Å². The predicted molar refractivity (Wildman–Crippen MR) is 74.3 cm³/mol. The number of benzene rings is 1. The van der Waals surface area contributed by atoms with Crippen molar-refractivity contribution in [3.63, 3.8) is 0 Å². The summed E-state index contributed by atoms with van der Waals surface area (Å²) >= 11 is 0. The van der Waals surface area contributed by atoms with Gasteiger partial charge in [0.25, 0.3) is 0 Å². The Bertz CT molecular complexity index is 737. The lowest BCUT2D eigenvalue weighted by Gasteiger charge is -2.33. The Balaban J connectivity index is 1.82. The topological polar surface area (TPSA) is 38.2 Å². The van der Waals surface area contributed by atoms with E-state index in [0.29, 0.717) is 12.1 Å². The number of ether oxygens (including phenoxy) is 1. The van der Waals surface area contributed by atoms with E-state index in [2.05, 4.69) is 9.97 Å². The molecule has 1 aliphatic rings. The Labute approximate surface area is 133 Å². The van der Waals surface area contributed by atoms with E-state index in [0.717, 1.165) is 24.4 Å². The minimum absolute atomic E-state index is 0.0827. The number of halogens is 5. The summed E-state index contributed by atoms with van der Waals surface area (Å²) in [4.78, 5) is 8.91. The van der Waals surface area contributed by atoms with E-state index in [1.807, 2.05) is 0 Å². The van der Waals surface area contributed by atoms with Gasteiger partial charge in [-0.25, -0.2) is 18.7 Å². The van der Waals surface area contributed by atoms with E-state index >= 15 is 0 Å². The van der Waals surface area contributed by atoms with Crippen molar-refractivity contribution in [3.8, 4) is 0 Å². The molecule has 0 aliphatic carbocycles. The second-order valence-corrected chi connectivity index (χ2v) is 5.22. The van der Waals surface area contributed by atoms with Crippen LogP contribution in [0.5, 0.6) is 0 Å². The zero-order chi connectivity index (χ0) is 17.3. The van der Waals surface area contributed by atoms with Gasteiger partial charge in [-0.15, -0.1) is 0 Å². The first kappa shape index (κ1) is 16.6. The number of hydrogen-bond acceptors (Lipinski definition) is 4. The first-order valence-electron chi connectivity index (χ1n) is 7.06. The molecule has 1 atom stereocenters. The maximum Gasteiger partial charge on any atom is 0.433 e. The van der Waals surface area contributed by atoms with E-state index in [-0.39, 0.29) is 19.1 Å². The van der Waals surface area contributed by atoms with Crippen LogP contribution in [0.25, 0.3) is 0 Å². The fourth-order valence-electron chi connectivity index (χ4n) is 2.40. The molecule has 0 amide bonds. The Morgan fingerprint density at radius 2 is 1.92 bits per heavy atom. The van der Waals surface area contributed by atoms with Crippen LogP contribution in [0.15, 0.2) is 30.5 Å². The largest absolute Gasteiger partial charge is 0.433 e. The second kappa shape index (κ2) is 6.31. The van der Waals surface area contributed by atoms with Gasteiger partial charge < -0.3 is 9.64 Å². The van der Waals surface area contributed by atoms with Crippen molar-refractivity contribution in [2.24, 2.45) is 0 Å². The third-order valence-corrected chi connectivity index (χ3v) is 3.60. The molecule has 0 radical (unpaired) electrons. The quantitative estimate of drug-likeness (QED) is 0.783. The molecule has 1 unspecified atom stereocenters. The molecule has 1 aromatic carbocycles. The van der Waals surface area contributed by atoms with E-state index in [9.17, 15) is 22.0 Å². The summed E-state index contributed by atoms with van der Waals surface area (Å²) in [7, 11) is 0. The van der Waals surface area contributed by atoms with Gasteiger partial charge in [-0.1, -0.05) is 6.07 Å². The minimum atomic E-state index is -4.57. The zero-order valence-electron chi connectivity index (χ0n) is 12.2. The number of hydrogen-bond donors (Lipinski definition) is 0. The van der Waals surface area contributed by atoms with Crippen LogP contribution in [0.1, 0.15) is 17.4 Å². The van der Waals surface area contributed by atoms with Crippen LogP contribution in [0.4, 0.5) is 27.9 Å². The van der Waals surface area contributed by atoms with Crippen molar-refractivity contribution in [1.82, 2.24) is 9.97 Å². The molecule has 1 aromatic heterocycles. The van der Waals surface area contributed by atoms with Crippen molar-refractivity contribution in [2.45, 2.75) is 12.3 Å². The molecule has 1 fully saturated rings. The van der Waals surface area contributed by atoms with Gasteiger partial charge in [0.05, 0.1) is 13.2 Å². The molecule has 0 spiro atoms. The smallest absolute Gasteiger partial charge is 0.370 e. The van der Waals surface area contributed by atoms with Crippen LogP contribution in [0, 0.1) is 11.6 Å². The van der Waals surface area contributed by atoms with Crippen molar-refractivity contribution in [1.29, 1.82) is 0 Å². The van der Waals surface area contributed by atoms with Gasteiger partial charge in [0.2, 0.25) is 5.95 Å². The van der Waals surface area contributed by atoms with Gasteiger partial charge in [-0.2, -0.15) is 13.2 Å². The van der Waals surface area contributed by atoms with E-state index in [1.54, 1.807) is 0 Å². The Kier molecular flexibility index (Phi) is 4.35. The Morgan fingerprint density at radius 3 is 2.62 bits per heavy atom. The van der Waals surface area contributed by atoms with Gasteiger partial charge in [-0.05, 0) is 23.8 Å². The molecule has 4 nitrogen and oxygen atoms in total. The van der Waals surface area contributed by atoms with Crippen molar-refractivity contribution in [2.75, 3.05) is 24.6 Å². The third kappa shape index (κ3) is 3.45. The average molecular weight is 345 g/mol. The van der Waals surface area contributed by atoms with E-state index < -0.39 is 29.6 Å². The number of morpholine rings is 1. The maximum atomic E-state index is 13.3. The normalized spacial score (nSPS) is 18.7. The standard InChI is InChI=1S/C15H12F5N3O/c16-10-2-1-9(7-11(10)17)12-8-23(5-6-24-12)14-21-4-3-13(22-14)15(18,19)20/h1-4,7,12H,5-6,8H2. The molecule has 0 N–H and O–H groups in total. The monoisotopic (exact) mass is 345 g/mol. The van der Waals surface area contributed by atoms with Crippen LogP contribution < -0.4 is 4.90 Å². The highest BCUT2D eigenvalue weighted by atomic mass is 19.4. The summed E-state index contributed by atoms with van der Waals surface area (Å²) < 4.78 is 70.1. The van der Waals surface area contributed by atoms with E-state index in [1.165, 1.54) is 11.0 Å². The number of rotatable bonds is 2. The summed E-state index contributed by atoms with van der Waals surface area (Å²) in [6.07, 6.45) is -4.15. The lowest BCUT2D eigenvalue weighted by molar-refractivity contribution is -0.141. The molecule has 24 heavy (non-hydrogen) atoms. The number of alkyl halides is 3. The summed E-state index contributed by atoms with van der Waals surface area (Å²) in [5, 5.41) is 0. The molecule has 1 aliphatic heterocycles. The molecule has 128 valence electrons. The summed E-state index contributed by atoms with van der Waals surface area (Å²) in [6, 6.07) is 4.15. The predicted octanol–water partition coefficient (Wildman–Crippen LogP) is 3.35. The number of aromatic nitrogens is 2. The lowest BCUT2D eigenvalue weighted by Crippen LogP contribution is -2.39. The zero-order valence-corrected chi connectivity index (χ0v) is 12.2. The summed E-state index contributed by atoms with van der Waals surface area (Å²) in [6.45, 7) is 0.622. The Hall–Kier alpha value is -2.29. The molecule has 0 bridgehead atoms. The van der Waals surface area contributed by atoms with Crippen LogP contribution in [0.3, 0.4) is 0 Å². The van der Waals surface area contributed by atoms with Crippen molar-refractivity contribution in [3.05, 3.63) is 53.4 Å². The number of anilines is 1. The summed E-state index contributed by atoms with van der Waals surface area (Å²) in [5.74, 6) is -2.07. The number of nitrogens with zero attached hydrogens (tertiary/aromatic N) is 3. The van der Waals surface area contributed by atoms with Gasteiger partial charge in [0, 0.05) is 12.7 Å². The minimum Gasteiger partial charge on any atom is -0.370 e. The molecule has 3 rings (SSSR count). The Morgan fingerprint density at radius 1 is 1.12 bits per heavy atom. The highest BCUT2D eigenvalue weighted by molar-refractivity contribution is 5.33. The highest BCUT2D eigenvalue weighted by Gasteiger charge is 2.34. The first-order valence-corrected chi connectivity index (χ1v) is 7.06. The molecular formula is C15H12F5N3O. The summed E-state index contributed by atoms with van der Waals surface area (Å²) in [5.41, 5.74) is -0.644. The fourth-order valence-corrected chi connectivity index (χ4v) is 2.40. The molecular weight excluding hydrogens is 333 g/mol. The van der Waals surface area contributed by atoms with Gasteiger partial charge in [-0.3, -0.25) is 0 Å². The molecule has 2 aromatic rings. The highest BCUT2D eigenvalue weighted by Crippen LogP contribution is 2.30. The SMILES string of the molecule is Fc1ccc(C2CN(c3nccc(C(F)(F)F)n3)CCO2)cc1F. The fraction of sp³-hybridized carbons (Fsp3) is 0.333. The third-order valence-electron chi connectivity index (χ3n) is 3.60. The average Bonchev–Trinajstić information content (AvgIpc) is 2.57. The molecule has 0 saturated carbocycles. The van der Waals surface area contributed by atoms with E-state index in [4.69, 9.17) is 4.74 Å². The van der Waals surface area contributed by atoms with Crippen LogP contribution in [0.2, 0.25) is 0 Å². The van der Waals surface area contributed by atoms with Gasteiger partial charge >= 0.3 is 6.18 Å². The van der Waals surface area contributed by atoms with Crippen LogP contribution >= 0.6 is 0 Å². The van der Waals surface area contributed by atoms with Crippen molar-refractivity contribution < 1.29 is 26.7 Å². The molecule has 1 saturated heterocycles.